The fraction of sp³-hybridized carbons (Fsp3) is 0.556. The van der Waals surface area contributed by atoms with Gasteiger partial charge in [-0.25, -0.2) is 0 Å². The van der Waals surface area contributed by atoms with Crippen molar-refractivity contribution in [1.29, 1.82) is 0 Å². The summed E-state index contributed by atoms with van der Waals surface area (Å²) in [5.41, 5.74) is -0.515. The van der Waals surface area contributed by atoms with Gasteiger partial charge in [0.05, 0.1) is 6.42 Å². The Bertz CT molecular complexity index is 408. The predicted octanol–water partition coefficient (Wildman–Crippen LogP) is 1.15. The van der Waals surface area contributed by atoms with Crippen LogP contribution in [0, 0.1) is 5.41 Å². The second-order valence-corrected chi connectivity index (χ2v) is 5.34. The lowest BCUT2D eigenvalue weighted by molar-refractivity contribution is -0.136. The zero-order valence-corrected chi connectivity index (χ0v) is 10.1. The Hall–Kier alpha value is -1.50. The third-order valence-corrected chi connectivity index (χ3v) is 2.51. The molecule has 88 valence electrons. The number of hydrogen-bond donors (Lipinski definition) is 2. The zero-order valence-electron chi connectivity index (χ0n) is 9.27. The van der Waals surface area contributed by atoms with Crippen molar-refractivity contribution in [2.75, 3.05) is 5.32 Å². The van der Waals surface area contributed by atoms with E-state index in [1.807, 2.05) is 0 Å². The number of rotatable bonds is 3. The van der Waals surface area contributed by atoms with Gasteiger partial charge in [0.15, 0.2) is 0 Å². The normalized spacial score (nSPS) is 11.2. The fourth-order valence-corrected chi connectivity index (χ4v) is 1.52. The van der Waals surface area contributed by atoms with Crippen LogP contribution in [0.1, 0.15) is 25.8 Å². The van der Waals surface area contributed by atoms with Crippen molar-refractivity contribution in [3.05, 3.63) is 5.01 Å². The molecule has 0 spiro atoms. The van der Waals surface area contributed by atoms with Gasteiger partial charge in [-0.1, -0.05) is 32.1 Å². The molecule has 16 heavy (non-hydrogen) atoms. The van der Waals surface area contributed by atoms with Crippen LogP contribution in [0.25, 0.3) is 0 Å². The summed E-state index contributed by atoms with van der Waals surface area (Å²) >= 11 is 1.07. The SMILES string of the molecule is CC(C)(C)C(=O)Nc1nnc(CC(=O)O)s1. The molecule has 0 unspecified atom stereocenters. The first-order chi connectivity index (χ1) is 7.29. The van der Waals surface area contributed by atoms with Gasteiger partial charge in [0.1, 0.15) is 5.01 Å². The molecule has 0 aliphatic heterocycles. The zero-order chi connectivity index (χ0) is 12.3. The largest absolute Gasteiger partial charge is 0.481 e. The second-order valence-electron chi connectivity index (χ2n) is 4.28. The average Bonchev–Trinajstić information content (AvgIpc) is 2.49. The van der Waals surface area contributed by atoms with Crippen LogP contribution in [0.5, 0.6) is 0 Å². The van der Waals surface area contributed by atoms with Crippen molar-refractivity contribution >= 4 is 28.3 Å². The molecule has 0 fully saturated rings. The lowest BCUT2D eigenvalue weighted by Gasteiger charge is -2.15. The first-order valence-corrected chi connectivity index (χ1v) is 5.46. The van der Waals surface area contributed by atoms with E-state index in [1.54, 1.807) is 20.8 Å². The van der Waals surface area contributed by atoms with Gasteiger partial charge in [-0.3, -0.25) is 9.59 Å². The van der Waals surface area contributed by atoms with Crippen molar-refractivity contribution in [2.45, 2.75) is 27.2 Å². The van der Waals surface area contributed by atoms with Crippen LogP contribution >= 0.6 is 11.3 Å². The molecule has 0 bridgehead atoms. The molecular formula is C9H13N3O3S. The van der Waals surface area contributed by atoms with Gasteiger partial charge in [-0.2, -0.15) is 0 Å². The molecule has 1 aromatic heterocycles. The molecule has 0 aliphatic carbocycles. The highest BCUT2D eigenvalue weighted by molar-refractivity contribution is 7.15. The molecule has 1 heterocycles. The summed E-state index contributed by atoms with van der Waals surface area (Å²) in [6, 6.07) is 0. The number of carboxylic acid groups (broad SMARTS) is 1. The van der Waals surface area contributed by atoms with E-state index < -0.39 is 11.4 Å². The van der Waals surface area contributed by atoms with Gasteiger partial charge < -0.3 is 10.4 Å². The summed E-state index contributed by atoms with van der Waals surface area (Å²) in [6.07, 6.45) is -0.178. The summed E-state index contributed by atoms with van der Waals surface area (Å²) in [6.45, 7) is 5.34. The van der Waals surface area contributed by atoms with E-state index in [-0.39, 0.29) is 12.3 Å². The van der Waals surface area contributed by atoms with E-state index in [4.69, 9.17) is 5.11 Å². The molecule has 0 atom stereocenters. The van der Waals surface area contributed by atoms with Crippen molar-refractivity contribution < 1.29 is 14.7 Å². The molecule has 0 aliphatic rings. The smallest absolute Gasteiger partial charge is 0.310 e. The maximum absolute atomic E-state index is 11.6. The first-order valence-electron chi connectivity index (χ1n) is 4.64. The molecule has 2 N–H and O–H groups in total. The lowest BCUT2D eigenvalue weighted by atomic mass is 9.96. The number of carbonyl (C=O) groups excluding carboxylic acids is 1. The van der Waals surface area contributed by atoms with Gasteiger partial charge in [-0.15, -0.1) is 10.2 Å². The Morgan fingerprint density at radius 1 is 1.38 bits per heavy atom. The molecule has 1 amide bonds. The Kier molecular flexibility index (Phi) is 3.58. The van der Waals surface area contributed by atoms with E-state index in [2.05, 4.69) is 15.5 Å². The van der Waals surface area contributed by atoms with Gasteiger partial charge in [0.2, 0.25) is 11.0 Å². The minimum Gasteiger partial charge on any atom is -0.481 e. The van der Waals surface area contributed by atoms with E-state index in [0.717, 1.165) is 11.3 Å². The number of anilines is 1. The highest BCUT2D eigenvalue weighted by atomic mass is 32.1. The highest BCUT2D eigenvalue weighted by Gasteiger charge is 2.22. The fourth-order valence-electron chi connectivity index (χ4n) is 0.790. The van der Waals surface area contributed by atoms with E-state index in [0.29, 0.717) is 10.1 Å². The summed E-state index contributed by atoms with van der Waals surface area (Å²) in [5, 5.41) is 19.2. The van der Waals surface area contributed by atoms with Crippen molar-refractivity contribution in [1.82, 2.24) is 10.2 Å². The van der Waals surface area contributed by atoms with Crippen LogP contribution in [0.2, 0.25) is 0 Å². The van der Waals surface area contributed by atoms with Crippen molar-refractivity contribution in [2.24, 2.45) is 5.41 Å². The van der Waals surface area contributed by atoms with Crippen LogP contribution in [-0.4, -0.2) is 27.2 Å². The third kappa shape index (κ3) is 3.58. The number of aliphatic carboxylic acids is 1. The molecule has 0 radical (unpaired) electrons. The lowest BCUT2D eigenvalue weighted by Crippen LogP contribution is -2.27. The molecule has 0 aromatic carbocycles. The van der Waals surface area contributed by atoms with Crippen molar-refractivity contribution in [3.8, 4) is 0 Å². The molecule has 6 nitrogen and oxygen atoms in total. The van der Waals surface area contributed by atoms with Gasteiger partial charge in [0.25, 0.3) is 0 Å². The van der Waals surface area contributed by atoms with Crippen LogP contribution in [-0.2, 0) is 16.0 Å². The van der Waals surface area contributed by atoms with Gasteiger partial charge in [-0.05, 0) is 0 Å². The summed E-state index contributed by atoms with van der Waals surface area (Å²) in [5.74, 6) is -1.14. The molecule has 1 aromatic rings. The second kappa shape index (κ2) is 4.56. The Morgan fingerprint density at radius 2 is 2.00 bits per heavy atom. The Labute approximate surface area is 96.7 Å². The summed E-state index contributed by atoms with van der Waals surface area (Å²) in [7, 11) is 0. The minimum atomic E-state index is -0.968. The Morgan fingerprint density at radius 3 is 2.50 bits per heavy atom. The van der Waals surface area contributed by atoms with Gasteiger partial charge in [0, 0.05) is 5.41 Å². The monoisotopic (exact) mass is 243 g/mol. The maximum atomic E-state index is 11.6. The number of hydrogen-bond acceptors (Lipinski definition) is 5. The number of nitrogens with one attached hydrogen (secondary N) is 1. The topological polar surface area (TPSA) is 92.2 Å². The molecule has 1 rings (SSSR count). The van der Waals surface area contributed by atoms with Crippen molar-refractivity contribution in [3.63, 3.8) is 0 Å². The number of aromatic nitrogens is 2. The van der Waals surface area contributed by atoms with Crippen LogP contribution in [0.4, 0.5) is 5.13 Å². The summed E-state index contributed by atoms with van der Waals surface area (Å²) in [4.78, 5) is 22.0. The summed E-state index contributed by atoms with van der Waals surface area (Å²) < 4.78 is 0. The van der Waals surface area contributed by atoms with Crippen LogP contribution < -0.4 is 5.32 Å². The van der Waals surface area contributed by atoms with Crippen LogP contribution in [0.15, 0.2) is 0 Å². The minimum absolute atomic E-state index is 0.175. The predicted molar refractivity (Wildman–Crippen MR) is 59.3 cm³/mol. The maximum Gasteiger partial charge on any atom is 0.310 e. The third-order valence-electron chi connectivity index (χ3n) is 1.67. The van der Waals surface area contributed by atoms with Crippen LogP contribution in [0.3, 0.4) is 0 Å². The molecule has 7 heteroatoms. The Balaban J connectivity index is 2.66. The average molecular weight is 243 g/mol. The number of carbonyl (C=O) groups is 2. The molecule has 0 saturated heterocycles. The standard InChI is InChI=1S/C9H13N3O3S/c1-9(2,3)7(15)10-8-12-11-5(16-8)4-6(13)14/h4H2,1-3H3,(H,13,14)(H,10,12,15). The van der Waals surface area contributed by atoms with E-state index in [1.165, 1.54) is 0 Å². The first kappa shape index (κ1) is 12.6. The van der Waals surface area contributed by atoms with E-state index in [9.17, 15) is 9.59 Å². The van der Waals surface area contributed by atoms with Gasteiger partial charge >= 0.3 is 5.97 Å². The highest BCUT2D eigenvalue weighted by Crippen LogP contribution is 2.20. The quantitative estimate of drug-likeness (QED) is 0.830. The molecular weight excluding hydrogens is 230 g/mol. The number of carboxylic acids is 1. The number of nitrogens with zero attached hydrogens (tertiary/aromatic N) is 2. The van der Waals surface area contributed by atoms with E-state index >= 15 is 0 Å². The molecule has 0 saturated carbocycles. The number of amides is 1.